The topological polar surface area (TPSA) is 33.2 Å². The summed E-state index contributed by atoms with van der Waals surface area (Å²) in [5.41, 5.74) is 1.28. The first-order valence-corrected chi connectivity index (χ1v) is 6.43. The molecule has 0 spiro atoms. The lowest BCUT2D eigenvalue weighted by Crippen LogP contribution is -2.41. The molecule has 1 aliphatic heterocycles. The molecule has 1 atom stereocenters. The molecular formula is C14H20N2O. The van der Waals surface area contributed by atoms with E-state index < -0.39 is 0 Å². The first kappa shape index (κ1) is 12.2. The molecule has 3 heteroatoms. The van der Waals surface area contributed by atoms with Crippen molar-refractivity contribution in [3.63, 3.8) is 0 Å². The average Bonchev–Trinajstić information content (AvgIpc) is 2.39. The van der Waals surface area contributed by atoms with E-state index in [2.05, 4.69) is 22.9 Å². The van der Waals surface area contributed by atoms with Gasteiger partial charge in [-0.3, -0.25) is 9.78 Å². The van der Waals surface area contributed by atoms with E-state index in [-0.39, 0.29) is 5.92 Å². The molecule has 0 amide bonds. The van der Waals surface area contributed by atoms with Crippen molar-refractivity contribution in [1.29, 1.82) is 0 Å². The summed E-state index contributed by atoms with van der Waals surface area (Å²) in [5, 5.41) is 0. The highest BCUT2D eigenvalue weighted by Gasteiger charge is 2.25. The normalized spacial score (nSPS) is 21.7. The van der Waals surface area contributed by atoms with E-state index >= 15 is 0 Å². The third kappa shape index (κ3) is 3.37. The number of carbonyl (C=O) groups is 1. The van der Waals surface area contributed by atoms with Crippen LogP contribution < -0.4 is 0 Å². The zero-order valence-corrected chi connectivity index (χ0v) is 10.4. The van der Waals surface area contributed by atoms with Gasteiger partial charge in [-0.15, -0.1) is 0 Å². The van der Waals surface area contributed by atoms with Crippen LogP contribution >= 0.6 is 0 Å². The third-order valence-corrected chi connectivity index (χ3v) is 3.54. The number of rotatable bonds is 4. The minimum Gasteiger partial charge on any atom is -0.302 e. The molecule has 1 fully saturated rings. The van der Waals surface area contributed by atoms with Gasteiger partial charge in [0.25, 0.3) is 0 Å². The highest BCUT2D eigenvalue weighted by atomic mass is 16.1. The van der Waals surface area contributed by atoms with Gasteiger partial charge in [0.05, 0.1) is 0 Å². The van der Waals surface area contributed by atoms with E-state index in [1.165, 1.54) is 5.56 Å². The molecule has 0 saturated carbocycles. The molecule has 92 valence electrons. The van der Waals surface area contributed by atoms with Crippen molar-refractivity contribution >= 4 is 5.78 Å². The zero-order chi connectivity index (χ0) is 12.1. The fourth-order valence-corrected chi connectivity index (χ4v) is 2.37. The van der Waals surface area contributed by atoms with Crippen LogP contribution in [0.5, 0.6) is 0 Å². The second kappa shape index (κ2) is 5.92. The monoisotopic (exact) mass is 232 g/mol. The van der Waals surface area contributed by atoms with Gasteiger partial charge in [0.1, 0.15) is 5.78 Å². The maximum absolute atomic E-state index is 11.6. The van der Waals surface area contributed by atoms with Gasteiger partial charge in [0, 0.05) is 44.4 Å². The molecule has 2 rings (SSSR count). The predicted octanol–water partition coefficient (Wildman–Crippen LogP) is 1.93. The van der Waals surface area contributed by atoms with Crippen molar-refractivity contribution in [1.82, 2.24) is 9.88 Å². The van der Waals surface area contributed by atoms with Crippen molar-refractivity contribution in [2.45, 2.75) is 26.2 Å². The molecule has 1 aromatic heterocycles. The predicted molar refractivity (Wildman–Crippen MR) is 67.8 cm³/mol. The Hall–Kier alpha value is -1.22. The summed E-state index contributed by atoms with van der Waals surface area (Å²) in [5.74, 6) is 0.711. The number of piperidine rings is 1. The van der Waals surface area contributed by atoms with Crippen LogP contribution in [-0.2, 0) is 11.2 Å². The number of nitrogens with zero attached hydrogens (tertiary/aromatic N) is 2. The summed E-state index contributed by atoms with van der Waals surface area (Å²) in [6, 6.07) is 4.09. The second-order valence-electron chi connectivity index (χ2n) is 4.73. The summed E-state index contributed by atoms with van der Waals surface area (Å²) in [4.78, 5) is 18.1. The van der Waals surface area contributed by atoms with Gasteiger partial charge in [-0.1, -0.05) is 13.0 Å². The number of pyridine rings is 1. The molecule has 1 aromatic rings. The smallest absolute Gasteiger partial charge is 0.138 e. The Labute approximate surface area is 103 Å². The fourth-order valence-electron chi connectivity index (χ4n) is 2.37. The maximum Gasteiger partial charge on any atom is 0.138 e. The van der Waals surface area contributed by atoms with Crippen LogP contribution in [0.15, 0.2) is 24.5 Å². The van der Waals surface area contributed by atoms with Crippen molar-refractivity contribution in [2.24, 2.45) is 5.92 Å². The zero-order valence-electron chi connectivity index (χ0n) is 10.4. The van der Waals surface area contributed by atoms with Crippen molar-refractivity contribution in [3.8, 4) is 0 Å². The van der Waals surface area contributed by atoms with Crippen molar-refractivity contribution < 1.29 is 4.79 Å². The summed E-state index contributed by atoms with van der Waals surface area (Å²) in [6.45, 7) is 5.01. The van der Waals surface area contributed by atoms with Crippen LogP contribution in [0.4, 0.5) is 0 Å². The standard InChI is InChI=1S/C14H20N2O/c1-2-13-11-16(9-6-14(13)17)8-5-12-4-3-7-15-10-12/h3-4,7,10,13H,2,5-6,8-9,11H2,1H3. The van der Waals surface area contributed by atoms with Gasteiger partial charge >= 0.3 is 0 Å². The SMILES string of the molecule is CCC1CN(CCc2cccnc2)CCC1=O. The minimum absolute atomic E-state index is 0.262. The van der Waals surface area contributed by atoms with Crippen LogP contribution in [-0.4, -0.2) is 35.3 Å². The van der Waals surface area contributed by atoms with Crippen LogP contribution in [0.2, 0.25) is 0 Å². The van der Waals surface area contributed by atoms with E-state index in [9.17, 15) is 4.79 Å². The quantitative estimate of drug-likeness (QED) is 0.795. The van der Waals surface area contributed by atoms with Crippen molar-refractivity contribution in [3.05, 3.63) is 30.1 Å². The first-order valence-electron chi connectivity index (χ1n) is 6.43. The van der Waals surface area contributed by atoms with Gasteiger partial charge in [-0.05, 0) is 24.5 Å². The molecule has 0 aromatic carbocycles. The van der Waals surface area contributed by atoms with Gasteiger partial charge in [-0.25, -0.2) is 0 Å². The molecule has 2 heterocycles. The largest absolute Gasteiger partial charge is 0.302 e. The Balaban J connectivity index is 1.82. The third-order valence-electron chi connectivity index (χ3n) is 3.54. The lowest BCUT2D eigenvalue weighted by atomic mass is 9.94. The molecule has 1 unspecified atom stereocenters. The Morgan fingerprint density at radius 3 is 3.12 bits per heavy atom. The summed E-state index contributed by atoms with van der Waals surface area (Å²) in [6.07, 6.45) is 6.45. The molecule has 17 heavy (non-hydrogen) atoms. The lowest BCUT2D eigenvalue weighted by Gasteiger charge is -2.31. The van der Waals surface area contributed by atoms with Crippen molar-refractivity contribution in [2.75, 3.05) is 19.6 Å². The van der Waals surface area contributed by atoms with Gasteiger partial charge < -0.3 is 4.90 Å². The number of hydrogen-bond donors (Lipinski definition) is 0. The Bertz CT molecular complexity index is 364. The fraction of sp³-hybridized carbons (Fsp3) is 0.571. The van der Waals surface area contributed by atoms with E-state index in [1.54, 1.807) is 6.20 Å². The summed E-state index contributed by atoms with van der Waals surface area (Å²) >= 11 is 0. The van der Waals surface area contributed by atoms with Crippen LogP contribution in [0, 0.1) is 5.92 Å². The van der Waals surface area contributed by atoms with E-state index in [1.807, 2.05) is 12.3 Å². The van der Waals surface area contributed by atoms with Gasteiger partial charge in [0.2, 0.25) is 0 Å². The van der Waals surface area contributed by atoms with E-state index in [4.69, 9.17) is 0 Å². The van der Waals surface area contributed by atoms with E-state index in [0.717, 1.165) is 38.9 Å². The Morgan fingerprint density at radius 1 is 1.53 bits per heavy atom. The Kier molecular flexibility index (Phi) is 4.26. The molecule has 0 N–H and O–H groups in total. The molecule has 3 nitrogen and oxygen atoms in total. The number of hydrogen-bond acceptors (Lipinski definition) is 3. The number of carbonyl (C=O) groups excluding carboxylic acids is 1. The van der Waals surface area contributed by atoms with Crippen LogP contribution in [0.1, 0.15) is 25.3 Å². The molecule has 0 aliphatic carbocycles. The van der Waals surface area contributed by atoms with Crippen LogP contribution in [0.3, 0.4) is 0 Å². The van der Waals surface area contributed by atoms with E-state index in [0.29, 0.717) is 5.78 Å². The maximum atomic E-state index is 11.6. The molecule has 1 aliphatic rings. The highest BCUT2D eigenvalue weighted by molar-refractivity contribution is 5.82. The van der Waals surface area contributed by atoms with Gasteiger partial charge in [0.15, 0.2) is 0 Å². The number of likely N-dealkylation sites (tertiary alicyclic amines) is 1. The summed E-state index contributed by atoms with van der Waals surface area (Å²) in [7, 11) is 0. The lowest BCUT2D eigenvalue weighted by molar-refractivity contribution is -0.126. The highest BCUT2D eigenvalue weighted by Crippen LogP contribution is 2.16. The summed E-state index contributed by atoms with van der Waals surface area (Å²) < 4.78 is 0. The number of aromatic nitrogens is 1. The minimum atomic E-state index is 0.262. The molecule has 0 radical (unpaired) electrons. The van der Waals surface area contributed by atoms with Crippen LogP contribution in [0.25, 0.3) is 0 Å². The second-order valence-corrected chi connectivity index (χ2v) is 4.73. The molecular weight excluding hydrogens is 212 g/mol. The molecule has 0 bridgehead atoms. The molecule has 1 saturated heterocycles. The number of ketones is 1. The number of Topliss-reactive ketones (excluding diaryl/α,β-unsaturated/α-hetero) is 1. The average molecular weight is 232 g/mol. The first-order chi connectivity index (χ1) is 8.29. The Morgan fingerprint density at radius 2 is 2.41 bits per heavy atom. The van der Waals surface area contributed by atoms with Gasteiger partial charge in [-0.2, -0.15) is 0 Å².